The quantitative estimate of drug-likeness (QED) is 0.342. The van der Waals surface area contributed by atoms with Crippen LogP contribution in [0.5, 0.6) is 11.5 Å². The number of alkyl halides is 3. The highest BCUT2D eigenvalue weighted by atomic mass is 35.5. The lowest BCUT2D eigenvalue weighted by Gasteiger charge is -2.12. The minimum absolute atomic E-state index is 0.107. The molecule has 0 saturated carbocycles. The molecule has 0 saturated heterocycles. The Kier molecular flexibility index (Phi) is 6.30. The van der Waals surface area contributed by atoms with Crippen molar-refractivity contribution in [3.05, 3.63) is 87.2 Å². The summed E-state index contributed by atoms with van der Waals surface area (Å²) in [5, 5.41) is 4.06. The van der Waals surface area contributed by atoms with Crippen molar-refractivity contribution < 1.29 is 22.6 Å². The van der Waals surface area contributed by atoms with Crippen molar-refractivity contribution in [1.82, 2.24) is 9.66 Å². The third-order valence-corrected chi connectivity index (χ3v) is 5.34. The summed E-state index contributed by atoms with van der Waals surface area (Å²) >= 11 is 5.70. The summed E-state index contributed by atoms with van der Waals surface area (Å²) in [4.78, 5) is 17.8. The number of fused-ring (bicyclic) bond motifs is 1. The second kappa shape index (κ2) is 9.18. The Bertz CT molecular complexity index is 1470. The number of para-hydroxylation sites is 1. The molecule has 1 aromatic heterocycles. The van der Waals surface area contributed by atoms with Gasteiger partial charge in [0.2, 0.25) is 0 Å². The SMILES string of the molecule is COc1ccc(-c2nc3ccccc3c(=O)n2N=Cc2ccc(Cl)c(C(F)(F)F)c2)cc1OC. The van der Waals surface area contributed by atoms with E-state index in [-0.39, 0.29) is 11.4 Å². The average molecular weight is 488 g/mol. The number of hydrogen-bond acceptors (Lipinski definition) is 5. The van der Waals surface area contributed by atoms with E-state index in [9.17, 15) is 18.0 Å². The van der Waals surface area contributed by atoms with Crippen molar-refractivity contribution in [1.29, 1.82) is 0 Å². The lowest BCUT2D eigenvalue weighted by molar-refractivity contribution is -0.137. The van der Waals surface area contributed by atoms with Crippen LogP contribution in [0.15, 0.2) is 70.6 Å². The summed E-state index contributed by atoms with van der Waals surface area (Å²) in [6, 6.07) is 15.0. The first-order valence-corrected chi connectivity index (χ1v) is 10.3. The second-order valence-electron chi connectivity index (χ2n) is 7.12. The van der Waals surface area contributed by atoms with Crippen molar-refractivity contribution in [3.8, 4) is 22.9 Å². The zero-order valence-corrected chi connectivity index (χ0v) is 18.7. The van der Waals surface area contributed by atoms with Gasteiger partial charge in [0.15, 0.2) is 17.3 Å². The minimum atomic E-state index is -4.63. The van der Waals surface area contributed by atoms with E-state index in [0.717, 1.165) is 23.0 Å². The number of aromatic nitrogens is 2. The Morgan fingerprint density at radius 3 is 2.44 bits per heavy atom. The van der Waals surface area contributed by atoms with Gasteiger partial charge >= 0.3 is 6.18 Å². The molecule has 4 rings (SSSR count). The van der Waals surface area contributed by atoms with Crippen LogP contribution < -0.4 is 15.0 Å². The summed E-state index contributed by atoms with van der Waals surface area (Å²) < 4.78 is 51.3. The lowest BCUT2D eigenvalue weighted by atomic mass is 10.1. The van der Waals surface area contributed by atoms with Crippen LogP contribution in [-0.4, -0.2) is 30.1 Å². The second-order valence-corrected chi connectivity index (χ2v) is 7.53. The summed E-state index contributed by atoms with van der Waals surface area (Å²) in [6.07, 6.45) is -3.49. The highest BCUT2D eigenvalue weighted by molar-refractivity contribution is 6.31. The van der Waals surface area contributed by atoms with Crippen molar-refractivity contribution in [3.63, 3.8) is 0 Å². The molecule has 0 N–H and O–H groups in total. The fourth-order valence-electron chi connectivity index (χ4n) is 3.36. The molecule has 0 spiro atoms. The van der Waals surface area contributed by atoms with Gasteiger partial charge in [-0.2, -0.15) is 22.9 Å². The third-order valence-electron chi connectivity index (χ3n) is 5.01. The van der Waals surface area contributed by atoms with Crippen LogP contribution >= 0.6 is 11.6 Å². The van der Waals surface area contributed by atoms with Gasteiger partial charge in [0.25, 0.3) is 5.56 Å². The van der Waals surface area contributed by atoms with Crippen LogP contribution in [-0.2, 0) is 6.18 Å². The molecule has 10 heteroatoms. The predicted molar refractivity (Wildman–Crippen MR) is 124 cm³/mol. The molecule has 0 aliphatic rings. The molecule has 0 radical (unpaired) electrons. The fraction of sp³-hybridized carbons (Fsp3) is 0.125. The van der Waals surface area contributed by atoms with E-state index in [1.165, 1.54) is 20.3 Å². The Hall–Kier alpha value is -3.85. The summed E-state index contributed by atoms with van der Waals surface area (Å²) in [6.45, 7) is 0. The van der Waals surface area contributed by atoms with Crippen molar-refractivity contribution in [2.24, 2.45) is 5.10 Å². The molecule has 1 heterocycles. The standard InChI is InChI=1S/C24H17ClF3N3O3/c1-33-20-10-8-15(12-21(20)34-2)22-30-19-6-4-3-5-16(19)23(32)31(22)29-13-14-7-9-18(25)17(11-14)24(26,27)28/h3-13H,1-2H3. The van der Waals surface area contributed by atoms with Gasteiger partial charge in [-0.1, -0.05) is 29.8 Å². The maximum absolute atomic E-state index is 13.3. The van der Waals surface area contributed by atoms with E-state index in [1.54, 1.807) is 42.5 Å². The first-order valence-electron chi connectivity index (χ1n) is 9.88. The average Bonchev–Trinajstić information content (AvgIpc) is 2.83. The molecule has 6 nitrogen and oxygen atoms in total. The molecule has 0 bridgehead atoms. The normalized spacial score (nSPS) is 11.8. The van der Waals surface area contributed by atoms with Gasteiger partial charge < -0.3 is 9.47 Å². The number of hydrogen-bond donors (Lipinski definition) is 0. The summed E-state index contributed by atoms with van der Waals surface area (Å²) in [7, 11) is 2.97. The van der Waals surface area contributed by atoms with Gasteiger partial charge in [0.05, 0.1) is 41.9 Å². The minimum Gasteiger partial charge on any atom is -0.493 e. The van der Waals surface area contributed by atoms with E-state index in [1.807, 2.05) is 0 Å². The number of nitrogens with zero attached hydrogens (tertiary/aromatic N) is 3. The highest BCUT2D eigenvalue weighted by Crippen LogP contribution is 2.35. The van der Waals surface area contributed by atoms with Gasteiger partial charge in [0.1, 0.15) is 0 Å². The molecule has 0 aliphatic heterocycles. The molecule has 0 fully saturated rings. The van der Waals surface area contributed by atoms with Gasteiger partial charge in [-0.05, 0) is 48.0 Å². The monoisotopic (exact) mass is 487 g/mol. The van der Waals surface area contributed by atoms with E-state index < -0.39 is 22.3 Å². The van der Waals surface area contributed by atoms with Crippen LogP contribution in [0.1, 0.15) is 11.1 Å². The third kappa shape index (κ3) is 4.47. The van der Waals surface area contributed by atoms with Crippen LogP contribution in [0.4, 0.5) is 13.2 Å². The lowest BCUT2D eigenvalue weighted by Crippen LogP contribution is -2.20. The number of rotatable bonds is 5. The topological polar surface area (TPSA) is 65.7 Å². The van der Waals surface area contributed by atoms with E-state index in [2.05, 4.69) is 10.1 Å². The van der Waals surface area contributed by atoms with Crippen molar-refractivity contribution in [2.45, 2.75) is 6.18 Å². The largest absolute Gasteiger partial charge is 0.493 e. The molecule has 0 amide bonds. The molecule has 34 heavy (non-hydrogen) atoms. The Morgan fingerprint density at radius 1 is 1.00 bits per heavy atom. The zero-order valence-electron chi connectivity index (χ0n) is 17.9. The molecule has 4 aromatic rings. The Labute approximate surface area is 196 Å². The predicted octanol–water partition coefficient (Wildman–Crippen LogP) is 5.64. The van der Waals surface area contributed by atoms with Crippen LogP contribution in [0.3, 0.4) is 0 Å². The number of benzene rings is 3. The first-order chi connectivity index (χ1) is 16.2. The summed E-state index contributed by atoms with van der Waals surface area (Å²) in [5.41, 5.74) is -0.451. The van der Waals surface area contributed by atoms with Crippen molar-refractivity contribution in [2.75, 3.05) is 14.2 Å². The first kappa shape index (κ1) is 23.3. The van der Waals surface area contributed by atoms with Gasteiger partial charge in [0, 0.05) is 5.56 Å². The Morgan fingerprint density at radius 2 is 1.74 bits per heavy atom. The van der Waals surface area contributed by atoms with Crippen LogP contribution in [0.2, 0.25) is 5.02 Å². The van der Waals surface area contributed by atoms with E-state index in [0.29, 0.717) is 28.0 Å². The highest BCUT2D eigenvalue weighted by Gasteiger charge is 2.33. The van der Waals surface area contributed by atoms with E-state index in [4.69, 9.17) is 21.1 Å². The smallest absolute Gasteiger partial charge is 0.417 e. The number of halogens is 4. The van der Waals surface area contributed by atoms with Gasteiger partial charge in [-0.25, -0.2) is 4.98 Å². The van der Waals surface area contributed by atoms with Gasteiger partial charge in [-0.3, -0.25) is 4.79 Å². The fourth-order valence-corrected chi connectivity index (χ4v) is 3.58. The molecule has 0 unspecified atom stereocenters. The zero-order chi connectivity index (χ0) is 24.5. The molecular formula is C24H17ClF3N3O3. The molecule has 174 valence electrons. The Balaban J connectivity index is 1.91. The molecule has 3 aromatic carbocycles. The number of ether oxygens (including phenoxy) is 2. The maximum atomic E-state index is 13.3. The van der Waals surface area contributed by atoms with Crippen molar-refractivity contribution >= 4 is 28.7 Å². The summed E-state index contributed by atoms with van der Waals surface area (Å²) in [5.74, 6) is 1.06. The van der Waals surface area contributed by atoms with Crippen LogP contribution in [0, 0.1) is 0 Å². The molecule has 0 aliphatic carbocycles. The van der Waals surface area contributed by atoms with E-state index >= 15 is 0 Å². The number of methoxy groups -OCH3 is 2. The maximum Gasteiger partial charge on any atom is 0.417 e. The molecule has 0 atom stereocenters. The van der Waals surface area contributed by atoms with Gasteiger partial charge in [-0.15, -0.1) is 0 Å². The van der Waals surface area contributed by atoms with Crippen LogP contribution in [0.25, 0.3) is 22.3 Å². The molecular weight excluding hydrogens is 471 g/mol.